The van der Waals surface area contributed by atoms with Gasteiger partial charge in [0.05, 0.1) is 5.69 Å². The fraction of sp³-hybridized carbons (Fsp3) is 0.533. The van der Waals surface area contributed by atoms with Gasteiger partial charge in [-0.25, -0.2) is 4.39 Å². The van der Waals surface area contributed by atoms with E-state index in [4.69, 9.17) is 0 Å². The first-order valence-corrected chi connectivity index (χ1v) is 7.21. The monoisotopic (exact) mass is 293 g/mol. The second-order valence-electron chi connectivity index (χ2n) is 5.99. The van der Waals surface area contributed by atoms with Gasteiger partial charge in [-0.2, -0.15) is 0 Å². The van der Waals surface area contributed by atoms with Gasteiger partial charge in [0, 0.05) is 30.4 Å². The number of amides is 1. The largest absolute Gasteiger partial charge is 0.378 e. The number of likely N-dealkylation sites (N-methyl/N-ethyl adjacent to an activating group) is 1. The molecule has 0 aromatic heterocycles. The first kappa shape index (κ1) is 14.3. The number of aliphatic hydroxyl groups excluding tert-OH is 1. The summed E-state index contributed by atoms with van der Waals surface area (Å²) < 4.78 is 14.4. The number of anilines is 2. The lowest BCUT2D eigenvalue weighted by Crippen LogP contribution is -2.45. The molecule has 2 atom stereocenters. The number of fused-ring (bicyclic) bond motifs is 1. The Morgan fingerprint density at radius 3 is 2.90 bits per heavy atom. The van der Waals surface area contributed by atoms with Crippen molar-refractivity contribution in [3.8, 4) is 0 Å². The summed E-state index contributed by atoms with van der Waals surface area (Å²) in [6, 6.07) is 3.30. The Balaban J connectivity index is 1.90. The summed E-state index contributed by atoms with van der Waals surface area (Å²) in [7, 11) is 4.06. The van der Waals surface area contributed by atoms with Crippen LogP contribution in [-0.4, -0.2) is 49.1 Å². The van der Waals surface area contributed by atoms with Crippen LogP contribution in [0.15, 0.2) is 12.1 Å². The molecule has 2 N–H and O–H groups in total. The summed E-state index contributed by atoms with van der Waals surface area (Å²) in [5.74, 6) is -0.880. The molecule has 114 valence electrons. The maximum absolute atomic E-state index is 14.4. The highest BCUT2D eigenvalue weighted by molar-refractivity contribution is 6.02. The fourth-order valence-corrected chi connectivity index (χ4v) is 3.09. The summed E-state index contributed by atoms with van der Waals surface area (Å²) in [4.78, 5) is 15.6. The molecule has 5 nitrogen and oxygen atoms in total. The number of hydrogen-bond acceptors (Lipinski definition) is 4. The van der Waals surface area contributed by atoms with Crippen LogP contribution >= 0.6 is 0 Å². The third-order valence-electron chi connectivity index (χ3n) is 4.39. The number of rotatable bonds is 2. The Morgan fingerprint density at radius 2 is 2.19 bits per heavy atom. The van der Waals surface area contributed by atoms with Crippen LogP contribution in [0.3, 0.4) is 0 Å². The SMILES string of the molecule is CN(C)C1CCCN(c2cc3c(cc2F)C(O)C(=O)N3)C1. The van der Waals surface area contributed by atoms with Crippen LogP contribution in [0.5, 0.6) is 0 Å². The highest BCUT2D eigenvalue weighted by Gasteiger charge is 2.31. The summed E-state index contributed by atoms with van der Waals surface area (Å²) >= 11 is 0. The molecule has 1 aromatic rings. The zero-order valence-corrected chi connectivity index (χ0v) is 12.3. The van der Waals surface area contributed by atoms with Crippen molar-refractivity contribution in [2.45, 2.75) is 25.0 Å². The lowest BCUT2D eigenvalue weighted by molar-refractivity contribution is -0.123. The second kappa shape index (κ2) is 5.27. The molecule has 0 bridgehead atoms. The Kier molecular flexibility index (Phi) is 3.59. The molecule has 0 aliphatic carbocycles. The van der Waals surface area contributed by atoms with Crippen molar-refractivity contribution in [1.82, 2.24) is 4.90 Å². The van der Waals surface area contributed by atoms with Gasteiger partial charge in [0.25, 0.3) is 5.91 Å². The average molecular weight is 293 g/mol. The summed E-state index contributed by atoms with van der Waals surface area (Å²) in [5.41, 5.74) is 1.33. The number of nitrogens with zero attached hydrogens (tertiary/aromatic N) is 2. The van der Waals surface area contributed by atoms with E-state index >= 15 is 0 Å². The quantitative estimate of drug-likeness (QED) is 0.864. The first-order valence-electron chi connectivity index (χ1n) is 7.21. The fourth-order valence-electron chi connectivity index (χ4n) is 3.09. The summed E-state index contributed by atoms with van der Waals surface area (Å²) in [6.45, 7) is 1.57. The average Bonchev–Trinajstić information content (AvgIpc) is 2.73. The smallest absolute Gasteiger partial charge is 0.257 e. The molecule has 2 aliphatic rings. The van der Waals surface area contributed by atoms with Gasteiger partial charge in [-0.1, -0.05) is 0 Å². The molecule has 1 saturated heterocycles. The number of nitrogens with one attached hydrogen (secondary N) is 1. The van der Waals surface area contributed by atoms with Gasteiger partial charge < -0.3 is 20.2 Å². The van der Waals surface area contributed by atoms with Crippen LogP contribution in [0, 0.1) is 5.82 Å². The molecule has 3 rings (SSSR count). The molecule has 0 spiro atoms. The van der Waals surface area contributed by atoms with Crippen molar-refractivity contribution in [2.24, 2.45) is 0 Å². The van der Waals surface area contributed by atoms with Crippen molar-refractivity contribution >= 4 is 17.3 Å². The highest BCUT2D eigenvalue weighted by atomic mass is 19.1. The number of aliphatic hydroxyl groups is 1. The Bertz CT molecular complexity index is 576. The van der Waals surface area contributed by atoms with Gasteiger partial charge >= 0.3 is 0 Å². The minimum absolute atomic E-state index is 0.322. The first-order chi connectivity index (χ1) is 9.97. The van der Waals surface area contributed by atoms with Crippen molar-refractivity contribution < 1.29 is 14.3 Å². The Labute approximate surface area is 123 Å². The summed E-state index contributed by atoms with van der Waals surface area (Å²) in [5, 5.41) is 12.3. The molecule has 2 aliphatic heterocycles. The molecule has 0 saturated carbocycles. The van der Waals surface area contributed by atoms with Gasteiger partial charge in [-0.05, 0) is 39.1 Å². The van der Waals surface area contributed by atoms with E-state index in [1.165, 1.54) is 6.07 Å². The third kappa shape index (κ3) is 2.49. The number of halogens is 1. The maximum Gasteiger partial charge on any atom is 0.257 e. The normalized spacial score (nSPS) is 25.2. The van der Waals surface area contributed by atoms with Gasteiger partial charge in [0.15, 0.2) is 6.10 Å². The molecule has 2 heterocycles. The Morgan fingerprint density at radius 1 is 1.43 bits per heavy atom. The molecular formula is C15H20FN3O2. The molecule has 6 heteroatoms. The Hall–Kier alpha value is -1.66. The lowest BCUT2D eigenvalue weighted by atomic mass is 10.0. The van der Waals surface area contributed by atoms with Crippen molar-refractivity contribution in [1.29, 1.82) is 0 Å². The van der Waals surface area contributed by atoms with E-state index < -0.39 is 12.0 Å². The van der Waals surface area contributed by atoms with E-state index in [-0.39, 0.29) is 5.82 Å². The minimum atomic E-state index is -1.26. The van der Waals surface area contributed by atoms with E-state index in [0.29, 0.717) is 23.0 Å². The molecule has 1 fully saturated rings. The minimum Gasteiger partial charge on any atom is -0.378 e. The second-order valence-corrected chi connectivity index (χ2v) is 5.99. The lowest BCUT2D eigenvalue weighted by Gasteiger charge is -2.37. The zero-order chi connectivity index (χ0) is 15.1. The highest BCUT2D eigenvalue weighted by Crippen LogP contribution is 2.36. The predicted octanol–water partition coefficient (Wildman–Crippen LogP) is 1.34. The number of carbonyl (C=O) groups is 1. The van der Waals surface area contributed by atoms with E-state index in [9.17, 15) is 14.3 Å². The van der Waals surface area contributed by atoms with Crippen molar-refractivity contribution in [3.63, 3.8) is 0 Å². The third-order valence-corrected chi connectivity index (χ3v) is 4.39. The van der Waals surface area contributed by atoms with E-state index in [2.05, 4.69) is 10.2 Å². The predicted molar refractivity (Wildman–Crippen MR) is 78.9 cm³/mol. The summed E-state index contributed by atoms with van der Waals surface area (Å²) in [6.07, 6.45) is 0.847. The van der Waals surface area contributed by atoms with Crippen LogP contribution < -0.4 is 10.2 Å². The van der Waals surface area contributed by atoms with E-state index in [1.54, 1.807) is 6.07 Å². The number of carbonyl (C=O) groups excluding carboxylic acids is 1. The molecule has 2 unspecified atom stereocenters. The molecule has 1 aromatic carbocycles. The van der Waals surface area contributed by atoms with Crippen molar-refractivity contribution in [2.75, 3.05) is 37.4 Å². The van der Waals surface area contributed by atoms with E-state index in [1.807, 2.05) is 19.0 Å². The van der Waals surface area contributed by atoms with Gasteiger partial charge in [-0.15, -0.1) is 0 Å². The van der Waals surface area contributed by atoms with Crippen molar-refractivity contribution in [3.05, 3.63) is 23.5 Å². The molecule has 0 radical (unpaired) electrons. The topological polar surface area (TPSA) is 55.8 Å². The number of piperidine rings is 1. The standard InChI is InChI=1S/C15H20FN3O2/c1-18(2)9-4-3-5-19(8-9)13-7-12-10(6-11(13)16)14(20)15(21)17-12/h6-7,9,14,20H,3-5,8H2,1-2H3,(H,17,21). The molecular weight excluding hydrogens is 273 g/mol. The molecule has 21 heavy (non-hydrogen) atoms. The van der Waals surface area contributed by atoms with Gasteiger partial charge in [-0.3, -0.25) is 4.79 Å². The van der Waals surface area contributed by atoms with Gasteiger partial charge in [0.2, 0.25) is 0 Å². The van der Waals surface area contributed by atoms with Crippen LogP contribution in [0.2, 0.25) is 0 Å². The van der Waals surface area contributed by atoms with Gasteiger partial charge in [0.1, 0.15) is 5.82 Å². The van der Waals surface area contributed by atoms with Crippen LogP contribution in [0.25, 0.3) is 0 Å². The zero-order valence-electron chi connectivity index (χ0n) is 12.3. The van der Waals surface area contributed by atoms with Crippen LogP contribution in [-0.2, 0) is 4.79 Å². The number of benzene rings is 1. The van der Waals surface area contributed by atoms with Crippen LogP contribution in [0.1, 0.15) is 24.5 Å². The molecule has 1 amide bonds. The number of hydrogen-bond donors (Lipinski definition) is 2. The maximum atomic E-state index is 14.4. The van der Waals surface area contributed by atoms with E-state index in [0.717, 1.165) is 25.9 Å². The van der Waals surface area contributed by atoms with Crippen LogP contribution in [0.4, 0.5) is 15.8 Å².